The largest absolute Gasteiger partial charge is 0.288 e. The molecule has 0 N–H and O–H groups in total. The van der Waals surface area contributed by atoms with E-state index in [0.29, 0.717) is 16.0 Å². The Morgan fingerprint density at radius 2 is 2.06 bits per heavy atom. The first kappa shape index (κ1) is 12.0. The predicted octanol–water partition coefficient (Wildman–Crippen LogP) is 3.99. The van der Waals surface area contributed by atoms with Crippen LogP contribution < -0.4 is 0 Å². The number of halogens is 1. The van der Waals surface area contributed by atoms with E-state index < -0.39 is 0 Å². The quantitative estimate of drug-likeness (QED) is 0.751. The Bertz CT molecular complexity index is 557. The van der Waals surface area contributed by atoms with Crippen LogP contribution in [0.2, 0.25) is 0 Å². The zero-order chi connectivity index (χ0) is 12.4. The molecule has 2 aromatic rings. The molecule has 0 aliphatic rings. The van der Waals surface area contributed by atoms with E-state index in [1.165, 1.54) is 28.3 Å². The van der Waals surface area contributed by atoms with Gasteiger partial charge in [-0.2, -0.15) is 0 Å². The molecule has 1 aromatic heterocycles. The van der Waals surface area contributed by atoms with Crippen LogP contribution in [0.4, 0.5) is 4.39 Å². The van der Waals surface area contributed by atoms with Crippen molar-refractivity contribution in [1.29, 1.82) is 0 Å². The molecule has 3 heteroatoms. The number of benzene rings is 1. The van der Waals surface area contributed by atoms with E-state index in [1.807, 2.05) is 12.1 Å². The van der Waals surface area contributed by atoms with Gasteiger partial charge in [0.2, 0.25) is 5.78 Å². The third-order valence-electron chi connectivity index (χ3n) is 2.65. The van der Waals surface area contributed by atoms with Crippen molar-refractivity contribution in [2.75, 3.05) is 0 Å². The number of aryl methyl sites for hydroxylation is 2. The predicted molar refractivity (Wildman–Crippen MR) is 68.3 cm³/mol. The van der Waals surface area contributed by atoms with Gasteiger partial charge in [0.05, 0.1) is 4.88 Å². The molecule has 0 atom stereocenters. The number of ketones is 1. The Morgan fingerprint density at radius 1 is 1.29 bits per heavy atom. The summed E-state index contributed by atoms with van der Waals surface area (Å²) in [5, 5.41) is 0. The van der Waals surface area contributed by atoms with Crippen molar-refractivity contribution in [3.8, 4) is 0 Å². The fourth-order valence-electron chi connectivity index (χ4n) is 1.62. The second kappa shape index (κ2) is 4.80. The van der Waals surface area contributed by atoms with Gasteiger partial charge in [-0.15, -0.1) is 11.3 Å². The molecule has 1 nitrogen and oxygen atoms in total. The minimum atomic E-state index is -0.276. The fourth-order valence-corrected chi connectivity index (χ4v) is 2.53. The molecule has 1 heterocycles. The minimum absolute atomic E-state index is 0.0298. The maximum absolute atomic E-state index is 13.1. The summed E-state index contributed by atoms with van der Waals surface area (Å²) in [6, 6.07) is 8.29. The van der Waals surface area contributed by atoms with Gasteiger partial charge in [0, 0.05) is 10.4 Å². The van der Waals surface area contributed by atoms with Gasteiger partial charge >= 0.3 is 0 Å². The van der Waals surface area contributed by atoms with Gasteiger partial charge in [-0.1, -0.05) is 6.92 Å². The third-order valence-corrected chi connectivity index (χ3v) is 3.88. The molecule has 0 amide bonds. The zero-order valence-corrected chi connectivity index (χ0v) is 10.6. The normalized spacial score (nSPS) is 10.5. The number of thiophene rings is 1. The lowest BCUT2D eigenvalue weighted by Crippen LogP contribution is -1.99. The maximum atomic E-state index is 13.1. The summed E-state index contributed by atoms with van der Waals surface area (Å²) in [5.41, 5.74) is 1.05. The van der Waals surface area contributed by atoms with E-state index in [1.54, 1.807) is 13.0 Å². The molecule has 1 aromatic carbocycles. The van der Waals surface area contributed by atoms with Gasteiger partial charge in [-0.3, -0.25) is 4.79 Å². The van der Waals surface area contributed by atoms with Crippen LogP contribution in [-0.4, -0.2) is 5.78 Å². The van der Waals surface area contributed by atoms with E-state index in [9.17, 15) is 9.18 Å². The average molecular weight is 248 g/mol. The first-order valence-corrected chi connectivity index (χ1v) is 6.33. The number of hydrogen-bond donors (Lipinski definition) is 0. The molecule has 0 radical (unpaired) electrons. The molecule has 0 saturated heterocycles. The van der Waals surface area contributed by atoms with Gasteiger partial charge < -0.3 is 0 Å². The summed E-state index contributed by atoms with van der Waals surface area (Å²) in [5.74, 6) is -0.306. The highest BCUT2D eigenvalue weighted by Gasteiger charge is 2.12. The molecule has 0 aliphatic carbocycles. The van der Waals surface area contributed by atoms with Crippen LogP contribution in [0.1, 0.15) is 32.6 Å². The Hall–Kier alpha value is -1.48. The Morgan fingerprint density at radius 3 is 2.65 bits per heavy atom. The lowest BCUT2D eigenvalue weighted by atomic mass is 10.1. The van der Waals surface area contributed by atoms with E-state index in [0.717, 1.165) is 6.42 Å². The van der Waals surface area contributed by atoms with Crippen molar-refractivity contribution >= 4 is 17.1 Å². The van der Waals surface area contributed by atoms with E-state index in [-0.39, 0.29) is 11.6 Å². The third kappa shape index (κ3) is 2.44. The molecule has 17 heavy (non-hydrogen) atoms. The monoisotopic (exact) mass is 248 g/mol. The first-order valence-electron chi connectivity index (χ1n) is 5.51. The minimum Gasteiger partial charge on any atom is -0.288 e. The SMILES string of the molecule is CCc1ccc(C(=O)c2ccc(F)c(C)c2)s1. The smallest absolute Gasteiger partial charge is 0.202 e. The van der Waals surface area contributed by atoms with Crippen molar-refractivity contribution in [2.45, 2.75) is 20.3 Å². The van der Waals surface area contributed by atoms with Crippen molar-refractivity contribution in [2.24, 2.45) is 0 Å². The molecule has 0 unspecified atom stereocenters. The van der Waals surface area contributed by atoms with E-state index >= 15 is 0 Å². The summed E-state index contributed by atoms with van der Waals surface area (Å²) in [7, 11) is 0. The molecular formula is C14H13FOS. The number of hydrogen-bond acceptors (Lipinski definition) is 2. The van der Waals surface area contributed by atoms with Crippen LogP contribution in [0.15, 0.2) is 30.3 Å². The summed E-state index contributed by atoms with van der Waals surface area (Å²) in [6.07, 6.45) is 0.931. The second-order valence-corrected chi connectivity index (χ2v) is 5.08. The summed E-state index contributed by atoms with van der Waals surface area (Å²) in [4.78, 5) is 14.0. The second-order valence-electron chi connectivity index (χ2n) is 3.91. The molecule has 0 aliphatic heterocycles. The highest BCUT2D eigenvalue weighted by atomic mass is 32.1. The lowest BCUT2D eigenvalue weighted by molar-refractivity contribution is 0.104. The summed E-state index contributed by atoms with van der Waals surface area (Å²) in [6.45, 7) is 3.72. The molecular weight excluding hydrogens is 235 g/mol. The number of carbonyl (C=O) groups is 1. The van der Waals surface area contributed by atoms with Gasteiger partial charge in [0.15, 0.2) is 0 Å². The first-order chi connectivity index (χ1) is 8.11. The van der Waals surface area contributed by atoms with Crippen LogP contribution in [0, 0.1) is 12.7 Å². The Kier molecular flexibility index (Phi) is 3.38. The van der Waals surface area contributed by atoms with Crippen LogP contribution >= 0.6 is 11.3 Å². The Labute approximate surface area is 104 Å². The van der Waals surface area contributed by atoms with E-state index in [2.05, 4.69) is 6.92 Å². The average Bonchev–Trinajstić information content (AvgIpc) is 2.80. The number of rotatable bonds is 3. The molecule has 2 rings (SSSR count). The van der Waals surface area contributed by atoms with Crippen LogP contribution in [0.5, 0.6) is 0 Å². The maximum Gasteiger partial charge on any atom is 0.202 e. The standard InChI is InChI=1S/C14H13FOS/c1-3-11-5-7-13(17-11)14(16)10-4-6-12(15)9(2)8-10/h4-8H,3H2,1-2H3. The fraction of sp³-hybridized carbons (Fsp3) is 0.214. The van der Waals surface area contributed by atoms with Gasteiger partial charge in [-0.05, 0) is 49.2 Å². The molecule has 0 saturated carbocycles. The molecule has 0 fully saturated rings. The molecule has 0 bridgehead atoms. The highest BCUT2D eigenvalue weighted by molar-refractivity contribution is 7.14. The van der Waals surface area contributed by atoms with Crippen molar-refractivity contribution in [1.82, 2.24) is 0 Å². The van der Waals surface area contributed by atoms with Crippen LogP contribution in [0.25, 0.3) is 0 Å². The van der Waals surface area contributed by atoms with Crippen molar-refractivity contribution in [3.63, 3.8) is 0 Å². The number of carbonyl (C=O) groups excluding carboxylic acids is 1. The highest BCUT2D eigenvalue weighted by Crippen LogP contribution is 2.21. The van der Waals surface area contributed by atoms with E-state index in [4.69, 9.17) is 0 Å². The van der Waals surface area contributed by atoms with Crippen molar-refractivity contribution < 1.29 is 9.18 Å². The zero-order valence-electron chi connectivity index (χ0n) is 9.79. The van der Waals surface area contributed by atoms with Crippen LogP contribution in [-0.2, 0) is 6.42 Å². The van der Waals surface area contributed by atoms with Gasteiger partial charge in [0.25, 0.3) is 0 Å². The topological polar surface area (TPSA) is 17.1 Å². The molecule has 0 spiro atoms. The molecule has 88 valence electrons. The van der Waals surface area contributed by atoms with Gasteiger partial charge in [0.1, 0.15) is 5.82 Å². The Balaban J connectivity index is 2.33. The summed E-state index contributed by atoms with van der Waals surface area (Å²) < 4.78 is 13.1. The summed E-state index contributed by atoms with van der Waals surface area (Å²) >= 11 is 1.50. The van der Waals surface area contributed by atoms with Gasteiger partial charge in [-0.25, -0.2) is 4.39 Å². The van der Waals surface area contributed by atoms with Crippen LogP contribution in [0.3, 0.4) is 0 Å². The van der Waals surface area contributed by atoms with Crippen molar-refractivity contribution in [3.05, 3.63) is 57.0 Å². The lowest BCUT2D eigenvalue weighted by Gasteiger charge is -2.01.